The smallest absolute Gasteiger partial charge is 0.170 e. The van der Waals surface area contributed by atoms with Crippen LogP contribution in [0.25, 0.3) is 0 Å². The average Bonchev–Trinajstić information content (AvgIpc) is 2.12. The minimum absolute atomic E-state index is 0.184. The van der Waals surface area contributed by atoms with E-state index >= 15 is 0 Å². The van der Waals surface area contributed by atoms with Crippen LogP contribution in [0.1, 0.15) is 39.0 Å². The van der Waals surface area contributed by atoms with Gasteiger partial charge in [-0.25, -0.2) is 0 Å². The first kappa shape index (κ1) is 8.52. The predicted octanol–water partition coefficient (Wildman–Crippen LogP) is 2.33. The molecule has 0 unspecified atom stereocenters. The van der Waals surface area contributed by atoms with Crippen LogP contribution < -0.4 is 0 Å². The number of hydrogen-bond acceptors (Lipinski definition) is 2. The second kappa shape index (κ2) is 3.35. The first-order chi connectivity index (χ1) is 5.83. The zero-order chi connectivity index (χ0) is 8.44. The summed E-state index contributed by atoms with van der Waals surface area (Å²) in [6.07, 6.45) is 6.04. The number of ether oxygens (including phenoxy) is 2. The Morgan fingerprint density at radius 3 is 2.50 bits per heavy atom. The molecule has 2 aliphatic heterocycles. The Bertz CT molecular complexity index is 142. The SMILES string of the molecule is C[C@@H]1CCCO[C@@]12CCCCO2. The van der Waals surface area contributed by atoms with E-state index in [-0.39, 0.29) is 5.79 Å². The van der Waals surface area contributed by atoms with Gasteiger partial charge in [-0.2, -0.15) is 0 Å². The van der Waals surface area contributed by atoms with Crippen LogP contribution in [0.2, 0.25) is 0 Å². The van der Waals surface area contributed by atoms with Crippen molar-refractivity contribution in [2.45, 2.75) is 44.8 Å². The minimum Gasteiger partial charge on any atom is -0.350 e. The van der Waals surface area contributed by atoms with Crippen molar-refractivity contribution in [1.29, 1.82) is 0 Å². The molecule has 0 aromatic rings. The molecule has 2 saturated heterocycles. The molecule has 2 heteroatoms. The van der Waals surface area contributed by atoms with Crippen molar-refractivity contribution >= 4 is 0 Å². The van der Waals surface area contributed by atoms with E-state index in [1.54, 1.807) is 0 Å². The van der Waals surface area contributed by atoms with E-state index in [9.17, 15) is 0 Å². The summed E-state index contributed by atoms with van der Waals surface area (Å²) in [5.41, 5.74) is 0. The van der Waals surface area contributed by atoms with Gasteiger partial charge < -0.3 is 9.47 Å². The monoisotopic (exact) mass is 170 g/mol. The summed E-state index contributed by atoms with van der Waals surface area (Å²) in [5.74, 6) is 0.405. The Labute approximate surface area is 74.2 Å². The van der Waals surface area contributed by atoms with E-state index in [0.29, 0.717) is 5.92 Å². The molecule has 0 saturated carbocycles. The molecule has 0 aliphatic carbocycles. The van der Waals surface area contributed by atoms with E-state index in [4.69, 9.17) is 9.47 Å². The van der Waals surface area contributed by atoms with Gasteiger partial charge in [-0.05, 0) is 25.7 Å². The van der Waals surface area contributed by atoms with E-state index in [1.165, 1.54) is 25.7 Å². The van der Waals surface area contributed by atoms with Gasteiger partial charge in [0.1, 0.15) is 0 Å². The topological polar surface area (TPSA) is 18.5 Å². The molecule has 1 spiro atoms. The molecule has 0 amide bonds. The van der Waals surface area contributed by atoms with E-state index < -0.39 is 0 Å². The lowest BCUT2D eigenvalue weighted by atomic mass is 9.87. The van der Waals surface area contributed by atoms with Crippen LogP contribution in [0.4, 0.5) is 0 Å². The quantitative estimate of drug-likeness (QED) is 0.555. The van der Waals surface area contributed by atoms with Crippen LogP contribution in [0.5, 0.6) is 0 Å². The Morgan fingerprint density at radius 2 is 1.83 bits per heavy atom. The van der Waals surface area contributed by atoms with Gasteiger partial charge in [0.05, 0.1) is 13.2 Å². The molecule has 0 aromatic carbocycles. The highest BCUT2D eigenvalue weighted by molar-refractivity contribution is 4.82. The van der Waals surface area contributed by atoms with Gasteiger partial charge in [-0.15, -0.1) is 0 Å². The lowest BCUT2D eigenvalue weighted by Gasteiger charge is -2.44. The summed E-state index contributed by atoms with van der Waals surface area (Å²) in [4.78, 5) is 0. The zero-order valence-electron chi connectivity index (χ0n) is 7.84. The largest absolute Gasteiger partial charge is 0.350 e. The standard InChI is InChI=1S/C10H18O2/c1-9-5-4-8-12-10(9)6-2-3-7-11-10/h9H,2-8H2,1H3/t9-,10+/m1/s1. The minimum atomic E-state index is -0.184. The average molecular weight is 170 g/mol. The summed E-state index contributed by atoms with van der Waals surface area (Å²) in [6, 6.07) is 0. The van der Waals surface area contributed by atoms with E-state index in [1.807, 2.05) is 0 Å². The Hall–Kier alpha value is -0.0800. The molecular formula is C10H18O2. The molecule has 0 N–H and O–H groups in total. The Morgan fingerprint density at radius 1 is 1.08 bits per heavy atom. The number of hydrogen-bond donors (Lipinski definition) is 0. The molecule has 2 nitrogen and oxygen atoms in total. The maximum atomic E-state index is 5.80. The van der Waals surface area contributed by atoms with Gasteiger partial charge in [0.2, 0.25) is 0 Å². The van der Waals surface area contributed by atoms with Crippen LogP contribution in [-0.2, 0) is 9.47 Å². The highest BCUT2D eigenvalue weighted by Crippen LogP contribution is 2.38. The second-order valence-electron chi connectivity index (χ2n) is 4.01. The van der Waals surface area contributed by atoms with Crippen molar-refractivity contribution in [1.82, 2.24) is 0 Å². The summed E-state index contributed by atoms with van der Waals surface area (Å²) < 4.78 is 11.6. The van der Waals surface area contributed by atoms with Gasteiger partial charge in [0, 0.05) is 12.3 Å². The molecule has 0 radical (unpaired) electrons. The normalized spacial score (nSPS) is 43.2. The maximum absolute atomic E-state index is 5.80. The van der Waals surface area contributed by atoms with Crippen molar-refractivity contribution in [3.05, 3.63) is 0 Å². The summed E-state index contributed by atoms with van der Waals surface area (Å²) in [7, 11) is 0. The number of rotatable bonds is 0. The first-order valence-corrected chi connectivity index (χ1v) is 5.11. The molecule has 2 aliphatic rings. The molecule has 12 heavy (non-hydrogen) atoms. The fourth-order valence-corrected chi connectivity index (χ4v) is 2.29. The van der Waals surface area contributed by atoms with Gasteiger partial charge in [-0.3, -0.25) is 0 Å². The lowest BCUT2D eigenvalue weighted by molar-refractivity contribution is -0.296. The van der Waals surface area contributed by atoms with Crippen molar-refractivity contribution in [3.63, 3.8) is 0 Å². The van der Waals surface area contributed by atoms with Crippen LogP contribution >= 0.6 is 0 Å². The Kier molecular flexibility index (Phi) is 2.37. The van der Waals surface area contributed by atoms with Crippen LogP contribution in [-0.4, -0.2) is 19.0 Å². The third-order valence-electron chi connectivity index (χ3n) is 3.14. The van der Waals surface area contributed by atoms with E-state index in [0.717, 1.165) is 19.6 Å². The lowest BCUT2D eigenvalue weighted by Crippen LogP contribution is -2.47. The molecule has 2 fully saturated rings. The molecule has 70 valence electrons. The van der Waals surface area contributed by atoms with Gasteiger partial charge >= 0.3 is 0 Å². The van der Waals surface area contributed by atoms with Crippen molar-refractivity contribution in [2.24, 2.45) is 5.92 Å². The molecular weight excluding hydrogens is 152 g/mol. The van der Waals surface area contributed by atoms with Gasteiger partial charge in [-0.1, -0.05) is 6.92 Å². The molecule has 0 aromatic heterocycles. The summed E-state index contributed by atoms with van der Waals surface area (Å²) in [6.45, 7) is 4.04. The van der Waals surface area contributed by atoms with Gasteiger partial charge in [0.15, 0.2) is 5.79 Å². The summed E-state index contributed by atoms with van der Waals surface area (Å²) in [5, 5.41) is 0. The highest BCUT2D eigenvalue weighted by atomic mass is 16.7. The van der Waals surface area contributed by atoms with Gasteiger partial charge in [0.25, 0.3) is 0 Å². The fraction of sp³-hybridized carbons (Fsp3) is 1.00. The molecule has 0 bridgehead atoms. The van der Waals surface area contributed by atoms with E-state index in [2.05, 4.69) is 6.92 Å². The third-order valence-corrected chi connectivity index (χ3v) is 3.14. The second-order valence-corrected chi connectivity index (χ2v) is 4.01. The fourth-order valence-electron chi connectivity index (χ4n) is 2.29. The van der Waals surface area contributed by atoms with Crippen LogP contribution in [0, 0.1) is 5.92 Å². The molecule has 2 atom stereocenters. The predicted molar refractivity (Wildman–Crippen MR) is 46.9 cm³/mol. The van der Waals surface area contributed by atoms with Crippen LogP contribution in [0.3, 0.4) is 0 Å². The third kappa shape index (κ3) is 1.38. The van der Waals surface area contributed by atoms with Crippen molar-refractivity contribution < 1.29 is 9.47 Å². The first-order valence-electron chi connectivity index (χ1n) is 5.11. The zero-order valence-corrected chi connectivity index (χ0v) is 7.84. The molecule has 2 heterocycles. The Balaban J connectivity index is 2.04. The summed E-state index contributed by atoms with van der Waals surface area (Å²) >= 11 is 0. The van der Waals surface area contributed by atoms with Crippen LogP contribution in [0.15, 0.2) is 0 Å². The highest BCUT2D eigenvalue weighted by Gasteiger charge is 2.41. The van der Waals surface area contributed by atoms with Crippen molar-refractivity contribution in [2.75, 3.05) is 13.2 Å². The van der Waals surface area contributed by atoms with Crippen molar-refractivity contribution in [3.8, 4) is 0 Å². The molecule has 2 rings (SSSR count). The maximum Gasteiger partial charge on any atom is 0.170 e.